The van der Waals surface area contributed by atoms with Crippen LogP contribution in [0.5, 0.6) is 0 Å². The maximum Gasteiger partial charge on any atom is 0.326 e. The molecule has 1 atom stereocenters. The number of aliphatic carboxylic acids is 1. The van der Waals surface area contributed by atoms with E-state index in [-0.39, 0.29) is 5.92 Å². The third kappa shape index (κ3) is 3.24. The van der Waals surface area contributed by atoms with Gasteiger partial charge in [0, 0.05) is 12.1 Å². The van der Waals surface area contributed by atoms with Gasteiger partial charge in [-0.15, -0.1) is 0 Å². The highest BCUT2D eigenvalue weighted by Crippen LogP contribution is 2.32. The van der Waals surface area contributed by atoms with Crippen molar-refractivity contribution in [2.24, 2.45) is 5.92 Å². The van der Waals surface area contributed by atoms with Crippen LogP contribution in [-0.4, -0.2) is 23.1 Å². The first-order valence-corrected chi connectivity index (χ1v) is 5.45. The van der Waals surface area contributed by atoms with Crippen LogP contribution in [0.1, 0.15) is 18.4 Å². The number of hydrogen-bond donors (Lipinski definition) is 3. The summed E-state index contributed by atoms with van der Waals surface area (Å²) >= 11 is 0. The molecule has 1 aliphatic carbocycles. The molecule has 6 heteroatoms. The van der Waals surface area contributed by atoms with E-state index in [9.17, 15) is 9.59 Å². The molecule has 17 heavy (non-hydrogen) atoms. The number of carboxylic acid groups (broad SMARTS) is 1. The Morgan fingerprint density at radius 1 is 1.53 bits per heavy atom. The summed E-state index contributed by atoms with van der Waals surface area (Å²) in [4.78, 5) is 22.4. The van der Waals surface area contributed by atoms with Crippen molar-refractivity contribution in [1.29, 1.82) is 0 Å². The molecule has 1 aromatic rings. The highest BCUT2D eigenvalue weighted by molar-refractivity contribution is 5.83. The molecule has 3 N–H and O–H groups in total. The molecule has 1 aromatic heterocycles. The first-order valence-electron chi connectivity index (χ1n) is 5.45. The lowest BCUT2D eigenvalue weighted by Gasteiger charge is -2.13. The molecule has 0 saturated heterocycles. The van der Waals surface area contributed by atoms with Gasteiger partial charge in [-0.1, -0.05) is 0 Å². The Hall–Kier alpha value is -1.98. The largest absolute Gasteiger partial charge is 0.480 e. The second kappa shape index (κ2) is 4.90. The number of urea groups is 1. The van der Waals surface area contributed by atoms with Crippen molar-refractivity contribution in [3.8, 4) is 0 Å². The number of amides is 2. The normalized spacial score (nSPS) is 16.2. The minimum absolute atomic E-state index is 0.0761. The van der Waals surface area contributed by atoms with Gasteiger partial charge in [-0.25, -0.2) is 9.59 Å². The maximum absolute atomic E-state index is 11.5. The maximum atomic E-state index is 11.5. The van der Waals surface area contributed by atoms with Crippen molar-refractivity contribution in [1.82, 2.24) is 10.6 Å². The first-order chi connectivity index (χ1) is 8.16. The van der Waals surface area contributed by atoms with E-state index in [0.717, 1.165) is 18.4 Å². The Labute approximate surface area is 98.0 Å². The van der Waals surface area contributed by atoms with Gasteiger partial charge in [0.25, 0.3) is 0 Å². The molecule has 6 nitrogen and oxygen atoms in total. The van der Waals surface area contributed by atoms with Crippen molar-refractivity contribution in [3.05, 3.63) is 24.2 Å². The third-order valence-electron chi connectivity index (χ3n) is 2.68. The van der Waals surface area contributed by atoms with E-state index in [2.05, 4.69) is 10.6 Å². The van der Waals surface area contributed by atoms with E-state index in [1.54, 1.807) is 6.07 Å². The van der Waals surface area contributed by atoms with Gasteiger partial charge in [-0.2, -0.15) is 0 Å². The van der Waals surface area contributed by atoms with Crippen molar-refractivity contribution >= 4 is 12.0 Å². The topological polar surface area (TPSA) is 91.6 Å². The predicted octanol–water partition coefficient (Wildman–Crippen LogP) is 0.942. The first kappa shape index (κ1) is 11.5. The summed E-state index contributed by atoms with van der Waals surface area (Å²) < 4.78 is 4.85. The smallest absolute Gasteiger partial charge is 0.326 e. The van der Waals surface area contributed by atoms with E-state index in [0.29, 0.717) is 6.54 Å². The lowest BCUT2D eigenvalue weighted by molar-refractivity contribution is -0.139. The summed E-state index contributed by atoms with van der Waals surface area (Å²) in [5.74, 6) is -0.905. The number of carbonyl (C=O) groups excluding carboxylic acids is 1. The van der Waals surface area contributed by atoms with Crippen LogP contribution in [0.15, 0.2) is 23.0 Å². The molecule has 1 aliphatic rings. The van der Waals surface area contributed by atoms with Crippen LogP contribution in [-0.2, 0) is 11.3 Å². The molecule has 0 bridgehead atoms. The minimum Gasteiger partial charge on any atom is -0.480 e. The van der Waals surface area contributed by atoms with Gasteiger partial charge in [-0.3, -0.25) is 0 Å². The molecule has 1 unspecified atom stereocenters. The average Bonchev–Trinajstić information content (AvgIpc) is 2.99. The molecule has 0 aromatic carbocycles. The number of nitrogens with one attached hydrogen (secondary N) is 2. The monoisotopic (exact) mass is 238 g/mol. The quantitative estimate of drug-likeness (QED) is 0.712. The molecule has 0 radical (unpaired) electrons. The Kier molecular flexibility index (Phi) is 3.32. The fourth-order valence-electron chi connectivity index (χ4n) is 1.58. The molecule has 92 valence electrons. The highest BCUT2D eigenvalue weighted by Gasteiger charge is 2.37. The Morgan fingerprint density at radius 2 is 2.29 bits per heavy atom. The van der Waals surface area contributed by atoms with Crippen LogP contribution in [0.2, 0.25) is 0 Å². The lowest BCUT2D eigenvalue weighted by Crippen LogP contribution is -2.46. The molecule has 1 heterocycles. The van der Waals surface area contributed by atoms with Gasteiger partial charge in [0.05, 0.1) is 12.5 Å². The van der Waals surface area contributed by atoms with Crippen LogP contribution < -0.4 is 10.6 Å². The molecule has 2 rings (SSSR count). The summed E-state index contributed by atoms with van der Waals surface area (Å²) in [7, 11) is 0. The van der Waals surface area contributed by atoms with Crippen molar-refractivity contribution < 1.29 is 19.1 Å². The number of hydrogen-bond acceptors (Lipinski definition) is 3. The summed E-state index contributed by atoms with van der Waals surface area (Å²) in [6.45, 7) is 0.319. The van der Waals surface area contributed by atoms with Gasteiger partial charge in [0.15, 0.2) is 0 Å². The number of carbonyl (C=O) groups is 2. The summed E-state index contributed by atoms with van der Waals surface area (Å²) in [6.07, 6.45) is 4.76. The van der Waals surface area contributed by atoms with Crippen LogP contribution in [0, 0.1) is 5.92 Å². The van der Waals surface area contributed by atoms with Crippen molar-refractivity contribution in [2.75, 3.05) is 0 Å². The zero-order valence-corrected chi connectivity index (χ0v) is 9.18. The van der Waals surface area contributed by atoms with Crippen LogP contribution in [0.25, 0.3) is 0 Å². The summed E-state index contributed by atoms with van der Waals surface area (Å²) in [6, 6.07) is 0.486. The average molecular weight is 238 g/mol. The third-order valence-corrected chi connectivity index (χ3v) is 2.68. The van der Waals surface area contributed by atoms with Crippen molar-refractivity contribution in [3.63, 3.8) is 0 Å². The van der Waals surface area contributed by atoms with E-state index in [4.69, 9.17) is 9.52 Å². The van der Waals surface area contributed by atoms with Crippen LogP contribution in [0.3, 0.4) is 0 Å². The zero-order chi connectivity index (χ0) is 12.3. The summed E-state index contributed by atoms with van der Waals surface area (Å²) in [5.41, 5.74) is 0.832. The van der Waals surface area contributed by atoms with Gasteiger partial charge < -0.3 is 20.2 Å². The molecule has 0 spiro atoms. The fourth-order valence-corrected chi connectivity index (χ4v) is 1.58. The SMILES string of the molecule is O=C(NCc1ccoc1)NC(C(=O)O)C1CC1. The Morgan fingerprint density at radius 3 is 2.82 bits per heavy atom. The highest BCUT2D eigenvalue weighted by atomic mass is 16.4. The molecule has 1 fully saturated rings. The second-order valence-electron chi connectivity index (χ2n) is 4.11. The molecule has 0 aliphatic heterocycles. The second-order valence-corrected chi connectivity index (χ2v) is 4.11. The van der Waals surface area contributed by atoms with Gasteiger partial charge in [0.1, 0.15) is 6.04 Å². The number of carboxylic acids is 1. The molecular weight excluding hydrogens is 224 g/mol. The van der Waals surface area contributed by atoms with Gasteiger partial charge >= 0.3 is 12.0 Å². The Balaban J connectivity index is 1.77. The molecular formula is C11H14N2O4. The van der Waals surface area contributed by atoms with Gasteiger partial charge in [-0.05, 0) is 24.8 Å². The predicted molar refractivity (Wildman–Crippen MR) is 58.2 cm³/mol. The van der Waals surface area contributed by atoms with E-state index in [1.807, 2.05) is 0 Å². The number of furan rings is 1. The van der Waals surface area contributed by atoms with E-state index >= 15 is 0 Å². The minimum atomic E-state index is -0.981. The lowest BCUT2D eigenvalue weighted by atomic mass is 10.2. The van der Waals surface area contributed by atoms with Crippen molar-refractivity contribution in [2.45, 2.75) is 25.4 Å². The molecule has 1 saturated carbocycles. The summed E-state index contributed by atoms with van der Waals surface area (Å²) in [5, 5.41) is 14.0. The zero-order valence-electron chi connectivity index (χ0n) is 9.18. The van der Waals surface area contributed by atoms with E-state index < -0.39 is 18.0 Å². The standard InChI is InChI=1S/C11H14N2O4/c14-10(15)9(8-1-2-8)13-11(16)12-5-7-3-4-17-6-7/h3-4,6,8-9H,1-2,5H2,(H,14,15)(H2,12,13,16). The van der Waals surface area contributed by atoms with Crippen LogP contribution >= 0.6 is 0 Å². The Bertz CT molecular complexity index is 398. The van der Waals surface area contributed by atoms with Crippen LogP contribution in [0.4, 0.5) is 4.79 Å². The van der Waals surface area contributed by atoms with Gasteiger partial charge in [0.2, 0.25) is 0 Å². The number of rotatable bonds is 5. The fraction of sp³-hybridized carbons (Fsp3) is 0.455. The molecule has 2 amide bonds. The van der Waals surface area contributed by atoms with E-state index in [1.165, 1.54) is 12.5 Å².